The third kappa shape index (κ3) is 2.12. The number of benzene rings is 2. The minimum Gasteiger partial charge on any atom is -0.293 e. The third-order valence-electron chi connectivity index (χ3n) is 5.11. The first-order valence-corrected chi connectivity index (χ1v) is 9.48. The number of carbonyl (C=O) groups is 2. The summed E-state index contributed by atoms with van der Waals surface area (Å²) in [5.74, 6) is -0.700. The number of rotatable bonds is 1. The van der Waals surface area contributed by atoms with Crippen molar-refractivity contribution < 1.29 is 9.59 Å². The molecule has 0 aromatic heterocycles. The first kappa shape index (κ1) is 15.5. The number of aryl methyl sites for hydroxylation is 1. The van der Waals surface area contributed by atoms with Gasteiger partial charge in [0.2, 0.25) is 0 Å². The normalized spacial score (nSPS) is 20.2. The second-order valence-electron chi connectivity index (χ2n) is 6.58. The Kier molecular flexibility index (Phi) is 3.37. The summed E-state index contributed by atoms with van der Waals surface area (Å²) in [6, 6.07) is 13.3. The molecule has 0 saturated carbocycles. The van der Waals surface area contributed by atoms with Crippen molar-refractivity contribution >= 4 is 34.7 Å². The van der Waals surface area contributed by atoms with Gasteiger partial charge in [0.15, 0.2) is 11.6 Å². The second-order valence-corrected chi connectivity index (χ2v) is 7.66. The Morgan fingerprint density at radius 1 is 1.04 bits per heavy atom. The van der Waals surface area contributed by atoms with Crippen molar-refractivity contribution in [2.45, 2.75) is 18.2 Å². The molecule has 0 N–H and O–H groups in total. The summed E-state index contributed by atoms with van der Waals surface area (Å²) in [7, 11) is 0. The van der Waals surface area contributed by atoms with E-state index in [-0.39, 0.29) is 11.6 Å². The molecule has 3 aliphatic rings. The molecule has 4 heteroatoms. The Labute approximate surface area is 155 Å². The highest BCUT2D eigenvalue weighted by Crippen LogP contribution is 2.46. The zero-order chi connectivity index (χ0) is 17.8. The van der Waals surface area contributed by atoms with Gasteiger partial charge in [-0.2, -0.15) is 0 Å². The van der Waals surface area contributed by atoms with Crippen LogP contribution < -0.4 is 0 Å². The molecule has 0 radical (unpaired) electrons. The standard InChI is InChI=1S/C22H15NO2S/c1-2-12-7-9-16-18(11-12)26-17-10-8-15-19(20(17)23-16)22(25)14-6-4-3-5-13(14)21(15)24/h3-11,19H,2H2,1H3. The van der Waals surface area contributed by atoms with Crippen LogP contribution in [0.3, 0.4) is 0 Å². The fourth-order valence-corrected chi connectivity index (χ4v) is 4.79. The molecule has 0 spiro atoms. The number of allylic oxidation sites excluding steroid dienone is 4. The number of hydrogen-bond acceptors (Lipinski definition) is 4. The summed E-state index contributed by atoms with van der Waals surface area (Å²) in [5, 5.41) is 0. The Morgan fingerprint density at radius 2 is 1.85 bits per heavy atom. The fraction of sp³-hybridized carbons (Fsp3) is 0.136. The van der Waals surface area contributed by atoms with E-state index in [4.69, 9.17) is 4.99 Å². The molecule has 1 heterocycles. The van der Waals surface area contributed by atoms with Crippen LogP contribution in [0, 0.1) is 5.92 Å². The van der Waals surface area contributed by atoms with E-state index in [0.717, 1.165) is 21.9 Å². The van der Waals surface area contributed by atoms with Gasteiger partial charge >= 0.3 is 0 Å². The van der Waals surface area contributed by atoms with Crippen molar-refractivity contribution in [3.05, 3.63) is 81.8 Å². The van der Waals surface area contributed by atoms with Crippen molar-refractivity contribution in [2.75, 3.05) is 0 Å². The van der Waals surface area contributed by atoms with Crippen molar-refractivity contribution in [3.8, 4) is 0 Å². The van der Waals surface area contributed by atoms with Crippen LogP contribution in [-0.2, 0) is 6.42 Å². The maximum absolute atomic E-state index is 13.2. The summed E-state index contributed by atoms with van der Waals surface area (Å²) in [6.07, 6.45) is 4.70. The quantitative estimate of drug-likeness (QED) is 0.726. The monoisotopic (exact) mass is 357 g/mol. The molecule has 0 amide bonds. The molecular weight excluding hydrogens is 342 g/mol. The molecule has 0 fully saturated rings. The number of thioether (sulfide) groups is 1. The number of fused-ring (bicyclic) bond motifs is 5. The van der Waals surface area contributed by atoms with E-state index in [1.807, 2.05) is 12.1 Å². The first-order chi connectivity index (χ1) is 12.7. The molecule has 1 atom stereocenters. The predicted octanol–water partition coefficient (Wildman–Crippen LogP) is 4.95. The van der Waals surface area contributed by atoms with Crippen LogP contribution in [0.1, 0.15) is 33.2 Å². The van der Waals surface area contributed by atoms with Gasteiger partial charge in [-0.1, -0.05) is 55.1 Å². The number of ketones is 2. The number of aliphatic imine (C=N–C) groups is 1. The van der Waals surface area contributed by atoms with Crippen molar-refractivity contribution in [1.82, 2.24) is 0 Å². The van der Waals surface area contributed by atoms with Gasteiger partial charge in [-0.15, -0.1) is 0 Å². The summed E-state index contributed by atoms with van der Waals surface area (Å²) in [6.45, 7) is 2.13. The molecular formula is C22H15NO2S. The van der Waals surface area contributed by atoms with Crippen LogP contribution in [0.4, 0.5) is 5.69 Å². The van der Waals surface area contributed by atoms with Crippen LogP contribution in [0.2, 0.25) is 0 Å². The van der Waals surface area contributed by atoms with Crippen molar-refractivity contribution in [2.24, 2.45) is 10.9 Å². The number of nitrogens with zero attached hydrogens (tertiary/aromatic N) is 1. The molecule has 0 bridgehead atoms. The summed E-state index contributed by atoms with van der Waals surface area (Å²) >= 11 is 1.63. The molecule has 5 rings (SSSR count). The van der Waals surface area contributed by atoms with E-state index in [2.05, 4.69) is 19.1 Å². The zero-order valence-corrected chi connectivity index (χ0v) is 15.0. The third-order valence-corrected chi connectivity index (χ3v) is 6.22. The van der Waals surface area contributed by atoms with Gasteiger partial charge in [0.1, 0.15) is 0 Å². The van der Waals surface area contributed by atoms with E-state index in [9.17, 15) is 9.59 Å². The molecule has 2 aliphatic carbocycles. The van der Waals surface area contributed by atoms with Gasteiger partial charge < -0.3 is 0 Å². The average Bonchev–Trinajstić information content (AvgIpc) is 2.69. The molecule has 1 aliphatic heterocycles. The van der Waals surface area contributed by atoms with Gasteiger partial charge in [-0.3, -0.25) is 9.59 Å². The maximum Gasteiger partial charge on any atom is 0.190 e. The topological polar surface area (TPSA) is 46.5 Å². The number of Topliss-reactive ketones (excluding diaryl/α,β-unsaturated/α-hetero) is 2. The SMILES string of the molecule is CCc1ccc2c(c1)SC1=CC=C3C(=O)c4ccccc4C(=O)C3C1=N2. The lowest BCUT2D eigenvalue weighted by Gasteiger charge is -2.31. The highest BCUT2D eigenvalue weighted by molar-refractivity contribution is 8.04. The Bertz CT molecular complexity index is 1090. The van der Waals surface area contributed by atoms with E-state index in [1.54, 1.807) is 42.1 Å². The van der Waals surface area contributed by atoms with Gasteiger partial charge in [0.25, 0.3) is 0 Å². The lowest BCUT2D eigenvalue weighted by Crippen LogP contribution is -2.37. The van der Waals surface area contributed by atoms with Gasteiger partial charge in [0.05, 0.1) is 17.3 Å². The highest BCUT2D eigenvalue weighted by atomic mass is 32.2. The lowest BCUT2D eigenvalue weighted by atomic mass is 9.74. The molecule has 1 unspecified atom stereocenters. The van der Waals surface area contributed by atoms with Crippen LogP contribution in [0.5, 0.6) is 0 Å². The Balaban J connectivity index is 1.68. The molecule has 26 heavy (non-hydrogen) atoms. The first-order valence-electron chi connectivity index (χ1n) is 8.67. The molecule has 3 nitrogen and oxygen atoms in total. The van der Waals surface area contributed by atoms with Crippen molar-refractivity contribution in [3.63, 3.8) is 0 Å². The van der Waals surface area contributed by atoms with Crippen LogP contribution in [0.25, 0.3) is 0 Å². The lowest BCUT2D eigenvalue weighted by molar-refractivity contribution is 0.0911. The molecule has 126 valence electrons. The minimum atomic E-state index is -0.594. The summed E-state index contributed by atoms with van der Waals surface area (Å²) < 4.78 is 0. The predicted molar refractivity (Wildman–Crippen MR) is 104 cm³/mol. The maximum atomic E-state index is 13.2. The van der Waals surface area contributed by atoms with E-state index >= 15 is 0 Å². The van der Waals surface area contributed by atoms with Crippen LogP contribution in [0.15, 0.2) is 75.0 Å². The Hall–Kier alpha value is -2.72. The number of hydrogen-bond donors (Lipinski definition) is 0. The van der Waals surface area contributed by atoms with Gasteiger partial charge in [-0.25, -0.2) is 4.99 Å². The summed E-state index contributed by atoms with van der Waals surface area (Å²) in [4.78, 5) is 32.9. The highest BCUT2D eigenvalue weighted by Gasteiger charge is 2.43. The Morgan fingerprint density at radius 3 is 2.65 bits per heavy atom. The van der Waals surface area contributed by atoms with Crippen LogP contribution in [-0.4, -0.2) is 17.3 Å². The van der Waals surface area contributed by atoms with Gasteiger partial charge in [-0.05, 0) is 30.2 Å². The average molecular weight is 357 g/mol. The largest absolute Gasteiger partial charge is 0.293 e. The minimum absolute atomic E-state index is 0.0370. The zero-order valence-electron chi connectivity index (χ0n) is 14.2. The second kappa shape index (κ2) is 5.64. The summed E-state index contributed by atoms with van der Waals surface area (Å²) in [5.41, 5.74) is 4.37. The smallest absolute Gasteiger partial charge is 0.190 e. The van der Waals surface area contributed by atoms with E-state index in [1.165, 1.54) is 5.56 Å². The van der Waals surface area contributed by atoms with Crippen molar-refractivity contribution in [1.29, 1.82) is 0 Å². The number of carbonyl (C=O) groups excluding carboxylic acids is 2. The van der Waals surface area contributed by atoms with Crippen LogP contribution >= 0.6 is 11.8 Å². The van der Waals surface area contributed by atoms with E-state index in [0.29, 0.717) is 22.4 Å². The molecule has 0 saturated heterocycles. The fourth-order valence-electron chi connectivity index (χ4n) is 3.72. The van der Waals surface area contributed by atoms with E-state index < -0.39 is 5.92 Å². The molecule has 2 aromatic carbocycles. The molecule has 2 aromatic rings. The van der Waals surface area contributed by atoms with Gasteiger partial charge in [0, 0.05) is 26.5 Å².